The summed E-state index contributed by atoms with van der Waals surface area (Å²) in [6.07, 6.45) is 0.487. The minimum atomic E-state index is -0.544. The summed E-state index contributed by atoms with van der Waals surface area (Å²) < 4.78 is 7.23. The Morgan fingerprint density at radius 2 is 1.81 bits per heavy atom. The van der Waals surface area contributed by atoms with Crippen molar-refractivity contribution in [3.8, 4) is 11.4 Å². The molecule has 3 heterocycles. The molecule has 4 rings (SSSR count). The van der Waals surface area contributed by atoms with E-state index in [2.05, 4.69) is 10.2 Å². The smallest absolute Gasteiger partial charge is 0.429 e. The van der Waals surface area contributed by atoms with Crippen LogP contribution in [0.5, 0.6) is 0 Å². The number of rotatable bonds is 2. The number of anilines is 1. The maximum Gasteiger partial charge on any atom is 0.429 e. The number of hydrazine groups is 1. The summed E-state index contributed by atoms with van der Waals surface area (Å²) in [7, 11) is 0. The lowest BCUT2D eigenvalue weighted by molar-refractivity contribution is 0.0272. The minimum Gasteiger partial charge on any atom is -0.442 e. The van der Waals surface area contributed by atoms with Gasteiger partial charge in [0.05, 0.1) is 0 Å². The van der Waals surface area contributed by atoms with Gasteiger partial charge in [0.1, 0.15) is 5.60 Å². The standard InChI is InChI=1S/C19H22N6O2/c1-19(2,3)27-18(26)24-13-7-12-23(24)16-11-10-15-20-21-17(25(15)22-16)14-8-5-4-6-9-14/h4-6,8-11H,7,12-13H2,1-3H3. The van der Waals surface area contributed by atoms with Gasteiger partial charge in [-0.2, -0.15) is 4.52 Å². The van der Waals surface area contributed by atoms with Crippen LogP contribution in [0.2, 0.25) is 0 Å². The number of ether oxygens (including phenoxy) is 1. The maximum absolute atomic E-state index is 12.5. The average Bonchev–Trinajstić information content (AvgIpc) is 3.27. The molecule has 1 fully saturated rings. The molecular formula is C19H22N6O2. The maximum atomic E-state index is 12.5. The van der Waals surface area contributed by atoms with Crippen molar-refractivity contribution in [2.45, 2.75) is 32.8 Å². The van der Waals surface area contributed by atoms with Gasteiger partial charge < -0.3 is 4.74 Å². The first kappa shape index (κ1) is 17.3. The lowest BCUT2D eigenvalue weighted by Gasteiger charge is -2.30. The lowest BCUT2D eigenvalue weighted by Crippen LogP contribution is -2.44. The number of hydrogen-bond donors (Lipinski definition) is 0. The van der Waals surface area contributed by atoms with Crippen molar-refractivity contribution >= 4 is 17.6 Å². The number of carbonyl (C=O) groups excluding carboxylic acids is 1. The Morgan fingerprint density at radius 1 is 1.04 bits per heavy atom. The normalized spacial score (nSPS) is 14.8. The van der Waals surface area contributed by atoms with E-state index >= 15 is 0 Å². The van der Waals surface area contributed by atoms with Crippen LogP contribution in [-0.4, -0.2) is 49.6 Å². The van der Waals surface area contributed by atoms with Crippen LogP contribution in [-0.2, 0) is 4.74 Å². The van der Waals surface area contributed by atoms with Gasteiger partial charge in [0.15, 0.2) is 17.3 Å². The molecule has 1 saturated heterocycles. The third-order valence-electron chi connectivity index (χ3n) is 4.18. The zero-order valence-electron chi connectivity index (χ0n) is 15.7. The monoisotopic (exact) mass is 366 g/mol. The van der Waals surface area contributed by atoms with E-state index < -0.39 is 5.60 Å². The van der Waals surface area contributed by atoms with Gasteiger partial charge in [-0.05, 0) is 39.3 Å². The molecule has 0 aliphatic carbocycles. The van der Waals surface area contributed by atoms with Crippen LogP contribution in [0.25, 0.3) is 17.0 Å². The van der Waals surface area contributed by atoms with Gasteiger partial charge in [-0.1, -0.05) is 30.3 Å². The summed E-state index contributed by atoms with van der Waals surface area (Å²) in [5.41, 5.74) is 1.04. The molecule has 1 aromatic carbocycles. The van der Waals surface area contributed by atoms with Gasteiger partial charge in [-0.3, -0.25) is 5.01 Å². The Hall–Kier alpha value is -3.16. The molecule has 1 aliphatic heterocycles. The highest BCUT2D eigenvalue weighted by molar-refractivity contribution is 5.71. The van der Waals surface area contributed by atoms with Gasteiger partial charge in [0, 0.05) is 18.7 Å². The number of hydrogen-bond acceptors (Lipinski definition) is 6. The minimum absolute atomic E-state index is 0.367. The Labute approximate surface area is 157 Å². The van der Waals surface area contributed by atoms with Crippen LogP contribution in [0, 0.1) is 0 Å². The van der Waals surface area contributed by atoms with Gasteiger partial charge in [-0.15, -0.1) is 15.3 Å². The second-order valence-corrected chi connectivity index (χ2v) is 7.43. The summed E-state index contributed by atoms with van der Waals surface area (Å²) in [5, 5.41) is 16.6. The molecule has 1 aliphatic rings. The molecule has 0 spiro atoms. The van der Waals surface area contributed by atoms with E-state index in [0.717, 1.165) is 12.0 Å². The predicted molar refractivity (Wildman–Crippen MR) is 101 cm³/mol. The molecule has 27 heavy (non-hydrogen) atoms. The number of fused-ring (bicyclic) bond motifs is 1. The molecule has 0 saturated carbocycles. The van der Waals surface area contributed by atoms with E-state index in [4.69, 9.17) is 9.84 Å². The van der Waals surface area contributed by atoms with Gasteiger partial charge in [0.2, 0.25) is 0 Å². The zero-order valence-corrected chi connectivity index (χ0v) is 15.7. The molecular weight excluding hydrogens is 344 g/mol. The Morgan fingerprint density at radius 3 is 2.56 bits per heavy atom. The van der Waals surface area contributed by atoms with Crippen LogP contribution < -0.4 is 5.01 Å². The Balaban J connectivity index is 1.68. The lowest BCUT2D eigenvalue weighted by atomic mass is 10.2. The quantitative estimate of drug-likeness (QED) is 0.693. The van der Waals surface area contributed by atoms with E-state index in [1.807, 2.05) is 68.2 Å². The highest BCUT2D eigenvalue weighted by Crippen LogP contribution is 2.24. The van der Waals surface area contributed by atoms with E-state index in [0.29, 0.717) is 30.4 Å². The molecule has 3 aromatic rings. The summed E-state index contributed by atoms with van der Waals surface area (Å²) in [5.74, 6) is 1.32. The summed E-state index contributed by atoms with van der Waals surface area (Å²) in [6, 6.07) is 13.5. The van der Waals surface area contributed by atoms with E-state index in [-0.39, 0.29) is 6.09 Å². The van der Waals surface area contributed by atoms with Crippen molar-refractivity contribution in [3.63, 3.8) is 0 Å². The second kappa shape index (κ2) is 6.53. The predicted octanol–water partition coefficient (Wildman–Crippen LogP) is 3.15. The largest absolute Gasteiger partial charge is 0.442 e. The number of aromatic nitrogens is 4. The summed E-state index contributed by atoms with van der Waals surface area (Å²) >= 11 is 0. The third kappa shape index (κ3) is 3.42. The van der Waals surface area contributed by atoms with Crippen LogP contribution in [0.15, 0.2) is 42.5 Å². The first-order valence-electron chi connectivity index (χ1n) is 8.98. The summed E-state index contributed by atoms with van der Waals surface area (Å²) in [4.78, 5) is 12.5. The Bertz CT molecular complexity index is 963. The van der Waals surface area contributed by atoms with Crippen LogP contribution in [0.3, 0.4) is 0 Å². The van der Waals surface area contributed by atoms with E-state index in [1.54, 1.807) is 9.52 Å². The second-order valence-electron chi connectivity index (χ2n) is 7.43. The van der Waals surface area contributed by atoms with Crippen molar-refractivity contribution in [2.24, 2.45) is 0 Å². The van der Waals surface area contributed by atoms with Crippen LogP contribution in [0.4, 0.5) is 10.6 Å². The van der Waals surface area contributed by atoms with Crippen molar-refractivity contribution in [3.05, 3.63) is 42.5 Å². The van der Waals surface area contributed by atoms with Crippen LogP contribution in [0.1, 0.15) is 27.2 Å². The highest BCUT2D eigenvalue weighted by atomic mass is 16.6. The Kier molecular flexibility index (Phi) is 4.18. The van der Waals surface area contributed by atoms with Gasteiger partial charge in [-0.25, -0.2) is 9.80 Å². The van der Waals surface area contributed by atoms with Gasteiger partial charge in [0.25, 0.3) is 0 Å². The van der Waals surface area contributed by atoms with E-state index in [9.17, 15) is 4.79 Å². The molecule has 8 nitrogen and oxygen atoms in total. The molecule has 8 heteroatoms. The third-order valence-corrected chi connectivity index (χ3v) is 4.18. The molecule has 2 aromatic heterocycles. The summed E-state index contributed by atoms with van der Waals surface area (Å²) in [6.45, 7) is 6.87. The molecule has 0 N–H and O–H groups in total. The molecule has 0 radical (unpaired) electrons. The van der Waals surface area contributed by atoms with Crippen molar-refractivity contribution < 1.29 is 9.53 Å². The molecule has 140 valence electrons. The van der Waals surface area contributed by atoms with E-state index in [1.165, 1.54) is 0 Å². The first-order chi connectivity index (χ1) is 12.9. The van der Waals surface area contributed by atoms with Crippen molar-refractivity contribution in [1.82, 2.24) is 24.8 Å². The molecule has 0 bridgehead atoms. The van der Waals surface area contributed by atoms with Crippen LogP contribution >= 0.6 is 0 Å². The number of benzene rings is 1. The fourth-order valence-electron chi connectivity index (χ4n) is 3.04. The number of nitrogens with zero attached hydrogens (tertiary/aromatic N) is 6. The fourth-order valence-corrected chi connectivity index (χ4v) is 3.04. The molecule has 0 atom stereocenters. The van der Waals surface area contributed by atoms with Crippen molar-refractivity contribution in [1.29, 1.82) is 0 Å². The average molecular weight is 366 g/mol. The van der Waals surface area contributed by atoms with Gasteiger partial charge >= 0.3 is 6.09 Å². The SMILES string of the molecule is CC(C)(C)OC(=O)N1CCCN1c1ccc2nnc(-c3ccccc3)n2n1. The number of carbonyl (C=O) groups is 1. The molecule has 1 amide bonds. The number of amides is 1. The zero-order chi connectivity index (χ0) is 19.0. The first-order valence-corrected chi connectivity index (χ1v) is 8.98. The van der Waals surface area contributed by atoms with Crippen molar-refractivity contribution in [2.75, 3.05) is 18.1 Å². The highest BCUT2D eigenvalue weighted by Gasteiger charge is 2.32. The molecule has 0 unspecified atom stereocenters. The topological polar surface area (TPSA) is 75.9 Å². The fraction of sp³-hybridized carbons (Fsp3) is 0.368.